The summed E-state index contributed by atoms with van der Waals surface area (Å²) in [7, 11) is -3.72. The van der Waals surface area contributed by atoms with Gasteiger partial charge in [0.1, 0.15) is 5.82 Å². The van der Waals surface area contributed by atoms with E-state index in [4.69, 9.17) is 5.73 Å². The van der Waals surface area contributed by atoms with Crippen molar-refractivity contribution in [2.75, 3.05) is 5.73 Å². The number of nitrogens with two attached hydrogens (primary N) is 1. The summed E-state index contributed by atoms with van der Waals surface area (Å²) in [5.74, 6) is -0.294. The van der Waals surface area contributed by atoms with Crippen molar-refractivity contribution in [1.29, 1.82) is 0 Å². The Morgan fingerprint density at radius 3 is 2.45 bits per heavy atom. The van der Waals surface area contributed by atoms with Gasteiger partial charge in [-0.1, -0.05) is 0 Å². The highest BCUT2D eigenvalue weighted by Crippen LogP contribution is 2.43. The molecule has 0 aliphatic heterocycles. The van der Waals surface area contributed by atoms with Crippen LogP contribution in [0.5, 0.6) is 0 Å². The number of halogens is 1. The van der Waals surface area contributed by atoms with Crippen LogP contribution in [0.2, 0.25) is 0 Å². The third-order valence-corrected chi connectivity index (χ3v) is 5.08. The van der Waals surface area contributed by atoms with Gasteiger partial charge >= 0.3 is 0 Å². The predicted octanol–water partition coefficient (Wildman–Crippen LogP) is 2.51. The molecule has 0 unspecified atom stereocenters. The van der Waals surface area contributed by atoms with Crippen LogP contribution in [0.15, 0.2) is 46.3 Å². The minimum Gasteiger partial charge on any atom is -0.397 e. The van der Waals surface area contributed by atoms with Gasteiger partial charge in [-0.25, -0.2) is 12.8 Å². The summed E-state index contributed by atoms with van der Waals surface area (Å²) >= 11 is 0. The average Bonchev–Trinajstić information content (AvgIpc) is 3.23. The minimum absolute atomic E-state index is 0.0493. The second-order valence-corrected chi connectivity index (χ2v) is 6.80. The molecule has 4 nitrogen and oxygen atoms in total. The molecule has 0 bridgehead atoms. The maximum Gasteiger partial charge on any atom is 0.208 e. The molecule has 0 spiro atoms. The van der Waals surface area contributed by atoms with E-state index < -0.39 is 15.7 Å². The highest BCUT2D eigenvalue weighted by Gasteiger charge is 2.32. The first-order chi connectivity index (χ1) is 9.48. The minimum atomic E-state index is -3.72. The third-order valence-electron chi connectivity index (χ3n) is 3.28. The molecule has 0 radical (unpaired) electrons. The summed E-state index contributed by atoms with van der Waals surface area (Å²) in [6.07, 6.45) is 3.34. The van der Waals surface area contributed by atoms with Crippen LogP contribution in [-0.4, -0.2) is 13.4 Å². The highest BCUT2D eigenvalue weighted by atomic mass is 32.2. The number of nitrogens with zero attached hydrogens (tertiary/aromatic N) is 1. The van der Waals surface area contributed by atoms with Gasteiger partial charge in [-0.15, -0.1) is 0 Å². The SMILES string of the molecule is Nc1cnc(C2CC2)c(S(=O)(=O)c2ccc(F)cc2)c1. The summed E-state index contributed by atoms with van der Waals surface area (Å²) in [4.78, 5) is 4.35. The molecular weight excluding hydrogens is 279 g/mol. The van der Waals surface area contributed by atoms with E-state index in [-0.39, 0.29) is 15.7 Å². The quantitative estimate of drug-likeness (QED) is 0.882. The third kappa shape index (κ3) is 2.27. The fraction of sp³-hybridized carbons (Fsp3) is 0.214. The Hall–Kier alpha value is -1.95. The van der Waals surface area contributed by atoms with Crippen molar-refractivity contribution in [1.82, 2.24) is 4.98 Å². The number of benzene rings is 1. The number of hydrogen-bond acceptors (Lipinski definition) is 4. The van der Waals surface area contributed by atoms with Gasteiger partial charge in [0.2, 0.25) is 9.84 Å². The molecule has 1 aromatic heterocycles. The van der Waals surface area contributed by atoms with Crippen LogP contribution in [0.25, 0.3) is 0 Å². The van der Waals surface area contributed by atoms with E-state index in [1.165, 1.54) is 24.4 Å². The molecular formula is C14H13FN2O2S. The van der Waals surface area contributed by atoms with Gasteiger partial charge in [0.15, 0.2) is 0 Å². The van der Waals surface area contributed by atoms with Crippen LogP contribution >= 0.6 is 0 Å². The normalized spacial score (nSPS) is 15.2. The molecule has 0 saturated heterocycles. The summed E-state index contributed by atoms with van der Waals surface area (Å²) in [6, 6.07) is 6.20. The molecule has 0 atom stereocenters. The zero-order valence-electron chi connectivity index (χ0n) is 10.6. The van der Waals surface area contributed by atoms with Crippen LogP contribution in [0, 0.1) is 5.82 Å². The lowest BCUT2D eigenvalue weighted by molar-refractivity contribution is 0.593. The Bertz CT molecular complexity index is 753. The van der Waals surface area contributed by atoms with E-state index in [1.54, 1.807) is 0 Å². The van der Waals surface area contributed by atoms with Crippen molar-refractivity contribution in [2.45, 2.75) is 28.6 Å². The smallest absolute Gasteiger partial charge is 0.208 e. The summed E-state index contributed by atoms with van der Waals surface area (Å²) in [5, 5.41) is 0. The second kappa shape index (κ2) is 4.56. The molecule has 104 valence electrons. The number of nitrogen functional groups attached to an aromatic ring is 1. The van der Waals surface area contributed by atoms with E-state index in [9.17, 15) is 12.8 Å². The van der Waals surface area contributed by atoms with Crippen LogP contribution in [-0.2, 0) is 9.84 Å². The summed E-state index contributed by atoms with van der Waals surface area (Å²) in [5.41, 5.74) is 6.52. The molecule has 1 fully saturated rings. The van der Waals surface area contributed by atoms with E-state index in [0.29, 0.717) is 11.4 Å². The number of anilines is 1. The Balaban J connectivity index is 2.15. The van der Waals surface area contributed by atoms with E-state index in [2.05, 4.69) is 4.98 Å². The lowest BCUT2D eigenvalue weighted by Gasteiger charge is -2.10. The molecule has 3 rings (SSSR count). The number of pyridine rings is 1. The van der Waals surface area contributed by atoms with Gasteiger partial charge in [0.25, 0.3) is 0 Å². The maximum absolute atomic E-state index is 12.9. The van der Waals surface area contributed by atoms with Gasteiger partial charge in [-0.2, -0.15) is 0 Å². The van der Waals surface area contributed by atoms with Gasteiger partial charge in [-0.05, 0) is 43.2 Å². The van der Waals surface area contributed by atoms with Crippen molar-refractivity contribution in [3.8, 4) is 0 Å². The number of sulfone groups is 1. The molecule has 0 amide bonds. The maximum atomic E-state index is 12.9. The van der Waals surface area contributed by atoms with Gasteiger partial charge in [-0.3, -0.25) is 4.98 Å². The Morgan fingerprint density at radius 1 is 1.20 bits per heavy atom. The first-order valence-electron chi connectivity index (χ1n) is 6.24. The standard InChI is InChI=1S/C14H13FN2O2S/c15-10-3-5-12(6-4-10)20(18,19)13-7-11(16)8-17-14(13)9-1-2-9/h3-9H,1-2,16H2. The predicted molar refractivity (Wildman–Crippen MR) is 72.5 cm³/mol. The largest absolute Gasteiger partial charge is 0.397 e. The molecule has 1 aromatic carbocycles. The molecule has 2 aromatic rings. The number of aromatic nitrogens is 1. The van der Waals surface area contributed by atoms with Crippen molar-refractivity contribution >= 4 is 15.5 Å². The van der Waals surface area contributed by atoms with Crippen LogP contribution in [0.3, 0.4) is 0 Å². The van der Waals surface area contributed by atoms with E-state index in [0.717, 1.165) is 25.0 Å². The Morgan fingerprint density at radius 2 is 1.85 bits per heavy atom. The summed E-state index contributed by atoms with van der Waals surface area (Å²) < 4.78 is 38.2. The lowest BCUT2D eigenvalue weighted by Crippen LogP contribution is -2.08. The van der Waals surface area contributed by atoms with Crippen molar-refractivity contribution in [3.05, 3.63) is 48.0 Å². The zero-order chi connectivity index (χ0) is 14.3. The fourth-order valence-corrected chi connectivity index (χ4v) is 3.62. The van der Waals surface area contributed by atoms with Crippen molar-refractivity contribution in [3.63, 3.8) is 0 Å². The molecule has 20 heavy (non-hydrogen) atoms. The van der Waals surface area contributed by atoms with E-state index in [1.807, 2.05) is 0 Å². The van der Waals surface area contributed by atoms with Crippen LogP contribution in [0.1, 0.15) is 24.5 Å². The molecule has 1 heterocycles. The molecule has 6 heteroatoms. The van der Waals surface area contributed by atoms with Gasteiger partial charge in [0.05, 0.1) is 27.4 Å². The topological polar surface area (TPSA) is 73.0 Å². The van der Waals surface area contributed by atoms with Gasteiger partial charge < -0.3 is 5.73 Å². The number of rotatable bonds is 3. The van der Waals surface area contributed by atoms with Crippen molar-refractivity contribution < 1.29 is 12.8 Å². The highest BCUT2D eigenvalue weighted by molar-refractivity contribution is 7.91. The van der Waals surface area contributed by atoms with Crippen molar-refractivity contribution in [2.24, 2.45) is 0 Å². The molecule has 1 aliphatic rings. The lowest BCUT2D eigenvalue weighted by atomic mass is 10.2. The molecule has 2 N–H and O–H groups in total. The van der Waals surface area contributed by atoms with Crippen LogP contribution < -0.4 is 5.73 Å². The van der Waals surface area contributed by atoms with E-state index >= 15 is 0 Å². The molecule has 1 saturated carbocycles. The first-order valence-corrected chi connectivity index (χ1v) is 7.73. The fourth-order valence-electron chi connectivity index (χ4n) is 2.09. The molecule has 1 aliphatic carbocycles. The zero-order valence-corrected chi connectivity index (χ0v) is 11.4. The Labute approximate surface area is 116 Å². The summed E-state index contributed by atoms with van der Waals surface area (Å²) in [6.45, 7) is 0. The number of hydrogen-bond donors (Lipinski definition) is 1. The monoisotopic (exact) mass is 292 g/mol. The first kappa shape index (κ1) is 13.1. The average molecular weight is 292 g/mol. The Kier molecular flexibility index (Phi) is 2.97. The van der Waals surface area contributed by atoms with Gasteiger partial charge in [0, 0.05) is 5.92 Å². The second-order valence-electron chi connectivity index (χ2n) is 4.88. The van der Waals surface area contributed by atoms with Crippen LogP contribution in [0.4, 0.5) is 10.1 Å².